The lowest BCUT2D eigenvalue weighted by molar-refractivity contribution is -0.139. The quantitative estimate of drug-likeness (QED) is 0.432. The molecule has 1 amide bonds. The number of carbonyl (C=O) groups is 2. The fourth-order valence-corrected chi connectivity index (χ4v) is 3.85. The number of aromatic nitrogens is 2. The largest absolute Gasteiger partial charge is 0.507 e. The van der Waals surface area contributed by atoms with Gasteiger partial charge in [-0.05, 0) is 58.6 Å². The lowest BCUT2D eigenvalue weighted by atomic mass is 9.95. The summed E-state index contributed by atoms with van der Waals surface area (Å²) >= 11 is 6.18. The maximum absolute atomic E-state index is 13.0. The highest BCUT2D eigenvalue weighted by molar-refractivity contribution is 6.46. The molecule has 0 bridgehead atoms. The molecule has 7 nitrogen and oxygen atoms in total. The van der Waals surface area contributed by atoms with Crippen LogP contribution in [-0.2, 0) is 9.59 Å². The first-order valence-electron chi connectivity index (χ1n) is 9.70. The van der Waals surface area contributed by atoms with E-state index in [1.54, 1.807) is 38.1 Å². The molecule has 8 heteroatoms. The minimum absolute atomic E-state index is 0.0303. The van der Waals surface area contributed by atoms with Crippen molar-refractivity contribution in [3.8, 4) is 0 Å². The van der Waals surface area contributed by atoms with Crippen LogP contribution in [0.5, 0.6) is 0 Å². The number of halogens is 1. The molecule has 30 heavy (non-hydrogen) atoms. The number of nitrogens with zero attached hydrogens (tertiary/aromatic N) is 4. The third-order valence-electron chi connectivity index (χ3n) is 5.06. The zero-order valence-electron chi connectivity index (χ0n) is 17.5. The number of hydrogen-bond acceptors (Lipinski definition) is 6. The Morgan fingerprint density at radius 1 is 1.27 bits per heavy atom. The second-order valence-corrected chi connectivity index (χ2v) is 8.06. The monoisotopic (exact) mass is 428 g/mol. The van der Waals surface area contributed by atoms with Gasteiger partial charge in [0, 0.05) is 17.8 Å². The third-order valence-corrected chi connectivity index (χ3v) is 5.30. The van der Waals surface area contributed by atoms with Gasteiger partial charge in [0.15, 0.2) is 0 Å². The summed E-state index contributed by atoms with van der Waals surface area (Å²) in [5.74, 6) is -1.07. The van der Waals surface area contributed by atoms with E-state index in [9.17, 15) is 14.7 Å². The van der Waals surface area contributed by atoms with Gasteiger partial charge in [-0.25, -0.2) is 9.97 Å². The number of hydrogen-bond donors (Lipinski definition) is 1. The van der Waals surface area contributed by atoms with Crippen LogP contribution in [-0.4, -0.2) is 63.7 Å². The molecule has 2 heterocycles. The van der Waals surface area contributed by atoms with Crippen LogP contribution in [0.3, 0.4) is 0 Å². The van der Waals surface area contributed by atoms with Crippen molar-refractivity contribution in [2.45, 2.75) is 26.3 Å². The van der Waals surface area contributed by atoms with Crippen LogP contribution in [0.15, 0.2) is 36.0 Å². The Labute approximate surface area is 181 Å². The zero-order valence-corrected chi connectivity index (χ0v) is 18.3. The molecule has 0 radical (unpaired) electrons. The summed E-state index contributed by atoms with van der Waals surface area (Å²) in [7, 11) is 3.89. The van der Waals surface area contributed by atoms with Crippen LogP contribution < -0.4 is 0 Å². The van der Waals surface area contributed by atoms with Gasteiger partial charge in [-0.2, -0.15) is 0 Å². The van der Waals surface area contributed by atoms with Gasteiger partial charge in [-0.3, -0.25) is 9.59 Å². The van der Waals surface area contributed by atoms with Crippen molar-refractivity contribution < 1.29 is 14.7 Å². The molecule has 0 saturated carbocycles. The average Bonchev–Trinajstić information content (AvgIpc) is 2.92. The topological polar surface area (TPSA) is 86.6 Å². The SMILES string of the molecule is Cc1ncc(/C(O)=C2\C(=O)C(=O)N(CCCN(C)C)[C@H]2c2cccc(Cl)c2)c(C)n1. The zero-order chi connectivity index (χ0) is 22.0. The van der Waals surface area contributed by atoms with E-state index < -0.39 is 17.7 Å². The summed E-state index contributed by atoms with van der Waals surface area (Å²) in [6.07, 6.45) is 2.16. The van der Waals surface area contributed by atoms with Gasteiger partial charge in [-0.15, -0.1) is 0 Å². The Bertz CT molecular complexity index is 1020. The van der Waals surface area contributed by atoms with Crippen molar-refractivity contribution in [3.63, 3.8) is 0 Å². The second kappa shape index (κ2) is 8.93. The Kier molecular flexibility index (Phi) is 6.53. The molecule has 3 rings (SSSR count). The average molecular weight is 429 g/mol. The van der Waals surface area contributed by atoms with Gasteiger partial charge >= 0.3 is 0 Å². The number of amides is 1. The highest BCUT2D eigenvalue weighted by atomic mass is 35.5. The molecule has 1 atom stereocenters. The molecular formula is C22H25ClN4O3. The molecule has 1 aliphatic rings. The number of Topliss-reactive ketones (excluding diaryl/α,β-unsaturated/α-hetero) is 1. The molecule has 1 aromatic carbocycles. The van der Waals surface area contributed by atoms with Gasteiger partial charge < -0.3 is 14.9 Å². The second-order valence-electron chi connectivity index (χ2n) is 7.62. The van der Waals surface area contributed by atoms with Crippen molar-refractivity contribution in [1.29, 1.82) is 0 Å². The summed E-state index contributed by atoms with van der Waals surface area (Å²) in [6, 6.07) is 6.27. The van der Waals surface area contributed by atoms with Crippen LogP contribution in [0.2, 0.25) is 5.02 Å². The molecule has 1 fully saturated rings. The molecule has 0 unspecified atom stereocenters. The smallest absolute Gasteiger partial charge is 0.295 e. The maximum atomic E-state index is 13.0. The van der Waals surface area contributed by atoms with E-state index >= 15 is 0 Å². The van der Waals surface area contributed by atoms with Gasteiger partial charge in [0.2, 0.25) is 0 Å². The Morgan fingerprint density at radius 3 is 2.63 bits per heavy atom. The van der Waals surface area contributed by atoms with E-state index in [1.807, 2.05) is 19.0 Å². The van der Waals surface area contributed by atoms with Crippen LogP contribution >= 0.6 is 11.6 Å². The van der Waals surface area contributed by atoms with Gasteiger partial charge in [0.1, 0.15) is 11.6 Å². The molecule has 2 aromatic rings. The molecular weight excluding hydrogens is 404 g/mol. The van der Waals surface area contributed by atoms with Crippen molar-refractivity contribution in [2.75, 3.05) is 27.2 Å². The minimum Gasteiger partial charge on any atom is -0.507 e. The lowest BCUT2D eigenvalue weighted by Gasteiger charge is -2.26. The van der Waals surface area contributed by atoms with Gasteiger partial charge in [0.25, 0.3) is 11.7 Å². The van der Waals surface area contributed by atoms with E-state index in [1.165, 1.54) is 11.1 Å². The Balaban J connectivity index is 2.13. The number of aliphatic hydroxyl groups is 1. The van der Waals surface area contributed by atoms with E-state index in [4.69, 9.17) is 11.6 Å². The van der Waals surface area contributed by atoms with Crippen LogP contribution in [0.25, 0.3) is 5.76 Å². The van der Waals surface area contributed by atoms with Crippen LogP contribution in [0.4, 0.5) is 0 Å². The predicted octanol–water partition coefficient (Wildman–Crippen LogP) is 3.12. The number of likely N-dealkylation sites (tertiary alicyclic amines) is 1. The summed E-state index contributed by atoms with van der Waals surface area (Å²) in [6.45, 7) is 4.61. The summed E-state index contributed by atoms with van der Waals surface area (Å²) in [5.41, 5.74) is 1.56. The van der Waals surface area contributed by atoms with E-state index in [-0.39, 0.29) is 11.3 Å². The van der Waals surface area contributed by atoms with Crippen LogP contribution in [0.1, 0.15) is 35.1 Å². The molecule has 1 aliphatic heterocycles. The summed E-state index contributed by atoms with van der Waals surface area (Å²) < 4.78 is 0. The molecule has 158 valence electrons. The third kappa shape index (κ3) is 4.37. The van der Waals surface area contributed by atoms with E-state index in [0.29, 0.717) is 40.6 Å². The Morgan fingerprint density at radius 2 is 2.00 bits per heavy atom. The maximum Gasteiger partial charge on any atom is 0.295 e. The number of rotatable bonds is 6. The first-order valence-corrected chi connectivity index (χ1v) is 10.1. The molecule has 0 aliphatic carbocycles. The number of ketones is 1. The molecule has 1 aromatic heterocycles. The number of carbonyl (C=O) groups excluding carboxylic acids is 2. The van der Waals surface area contributed by atoms with Crippen LogP contribution in [0, 0.1) is 13.8 Å². The molecule has 1 saturated heterocycles. The Hall–Kier alpha value is -2.77. The molecule has 0 spiro atoms. The first-order chi connectivity index (χ1) is 14.2. The lowest BCUT2D eigenvalue weighted by Crippen LogP contribution is -2.32. The number of aliphatic hydroxyl groups excluding tert-OH is 1. The predicted molar refractivity (Wildman–Crippen MR) is 115 cm³/mol. The first kappa shape index (κ1) is 21.9. The highest BCUT2D eigenvalue weighted by Gasteiger charge is 2.46. The van der Waals surface area contributed by atoms with E-state index in [0.717, 1.165) is 6.54 Å². The highest BCUT2D eigenvalue weighted by Crippen LogP contribution is 2.40. The van der Waals surface area contributed by atoms with Crippen molar-refractivity contribution in [3.05, 3.63) is 63.7 Å². The molecule has 1 N–H and O–H groups in total. The fraction of sp³-hybridized carbons (Fsp3) is 0.364. The standard InChI is InChI=1S/C22H25ClN4O3/c1-13-17(12-24-14(2)25-13)20(28)18-19(15-7-5-8-16(23)11-15)27(22(30)21(18)29)10-6-9-26(3)4/h5,7-8,11-12,19,28H,6,9-10H2,1-4H3/b20-18+/t19-/m0/s1. The van der Waals surface area contributed by atoms with Gasteiger partial charge in [-0.1, -0.05) is 23.7 Å². The number of benzene rings is 1. The van der Waals surface area contributed by atoms with Crippen molar-refractivity contribution >= 4 is 29.1 Å². The summed E-state index contributed by atoms with van der Waals surface area (Å²) in [5, 5.41) is 11.6. The van der Waals surface area contributed by atoms with Crippen molar-refractivity contribution in [1.82, 2.24) is 19.8 Å². The minimum atomic E-state index is -0.730. The normalized spacial score (nSPS) is 18.5. The van der Waals surface area contributed by atoms with Crippen molar-refractivity contribution in [2.24, 2.45) is 0 Å². The van der Waals surface area contributed by atoms with E-state index in [2.05, 4.69) is 9.97 Å². The fourth-order valence-electron chi connectivity index (χ4n) is 3.65. The summed E-state index contributed by atoms with van der Waals surface area (Å²) in [4.78, 5) is 37.8. The van der Waals surface area contributed by atoms with Gasteiger partial charge in [0.05, 0.1) is 22.9 Å². The number of aryl methyl sites for hydroxylation is 2.